The zero-order chi connectivity index (χ0) is 13.8. The van der Waals surface area contributed by atoms with E-state index in [1.807, 2.05) is 6.92 Å². The van der Waals surface area contributed by atoms with Gasteiger partial charge in [0.25, 0.3) is 5.91 Å². The Bertz CT molecular complexity index is 601. The molecule has 2 rings (SSSR count). The van der Waals surface area contributed by atoms with Crippen LogP contribution in [0.15, 0.2) is 42.7 Å². The predicted molar refractivity (Wildman–Crippen MR) is 72.4 cm³/mol. The number of carbonyl (C=O) groups is 1. The summed E-state index contributed by atoms with van der Waals surface area (Å²) in [5, 5.41) is 0. The van der Waals surface area contributed by atoms with E-state index in [2.05, 4.69) is 4.98 Å². The van der Waals surface area contributed by atoms with Crippen molar-refractivity contribution in [1.29, 1.82) is 0 Å². The Labute approximate surface area is 110 Å². The number of nitrogens with two attached hydrogens (primary N) is 1. The monoisotopic (exact) mass is 259 g/mol. The van der Waals surface area contributed by atoms with Gasteiger partial charge in [0.05, 0.1) is 5.56 Å². The quantitative estimate of drug-likeness (QED) is 0.921. The van der Waals surface area contributed by atoms with Crippen molar-refractivity contribution in [3.05, 3.63) is 54.1 Å². The number of pyridine rings is 1. The normalized spacial score (nSPS) is 10.2. The highest BCUT2D eigenvalue weighted by molar-refractivity contribution is 6.09. The van der Waals surface area contributed by atoms with Gasteiger partial charge in [-0.1, -0.05) is 6.07 Å². The largest absolute Gasteiger partial charge is 0.398 e. The second-order valence-corrected chi connectivity index (χ2v) is 3.99. The lowest BCUT2D eigenvalue weighted by Gasteiger charge is -2.21. The number of anilines is 2. The van der Waals surface area contributed by atoms with E-state index < -0.39 is 0 Å². The van der Waals surface area contributed by atoms with Crippen LogP contribution in [0.1, 0.15) is 17.3 Å². The van der Waals surface area contributed by atoms with Crippen LogP contribution in [-0.2, 0) is 0 Å². The van der Waals surface area contributed by atoms with Gasteiger partial charge in [0.15, 0.2) is 0 Å². The van der Waals surface area contributed by atoms with Crippen LogP contribution in [-0.4, -0.2) is 17.4 Å². The number of nitrogens with zero attached hydrogens (tertiary/aromatic N) is 2. The highest BCUT2D eigenvalue weighted by Gasteiger charge is 2.18. The molecule has 0 aliphatic carbocycles. The summed E-state index contributed by atoms with van der Waals surface area (Å²) in [4.78, 5) is 17.7. The third-order valence-corrected chi connectivity index (χ3v) is 2.77. The number of amides is 1. The molecule has 0 spiro atoms. The second-order valence-electron chi connectivity index (χ2n) is 3.99. The summed E-state index contributed by atoms with van der Waals surface area (Å²) in [6.45, 7) is 2.23. The third kappa shape index (κ3) is 2.70. The summed E-state index contributed by atoms with van der Waals surface area (Å²) >= 11 is 0. The Hall–Kier alpha value is -2.43. The first-order valence-electron chi connectivity index (χ1n) is 5.90. The molecule has 19 heavy (non-hydrogen) atoms. The van der Waals surface area contributed by atoms with E-state index in [9.17, 15) is 9.18 Å². The maximum Gasteiger partial charge on any atom is 0.261 e. The van der Waals surface area contributed by atoms with E-state index in [1.165, 1.54) is 29.4 Å². The van der Waals surface area contributed by atoms with Crippen molar-refractivity contribution in [1.82, 2.24) is 4.98 Å². The fourth-order valence-corrected chi connectivity index (χ4v) is 1.82. The van der Waals surface area contributed by atoms with Crippen LogP contribution in [0.2, 0.25) is 0 Å². The van der Waals surface area contributed by atoms with E-state index in [-0.39, 0.29) is 11.7 Å². The van der Waals surface area contributed by atoms with Crippen LogP contribution < -0.4 is 10.6 Å². The lowest BCUT2D eigenvalue weighted by Crippen LogP contribution is -2.31. The molecule has 1 amide bonds. The van der Waals surface area contributed by atoms with Gasteiger partial charge in [-0.15, -0.1) is 0 Å². The van der Waals surface area contributed by atoms with Crippen LogP contribution >= 0.6 is 0 Å². The van der Waals surface area contributed by atoms with Crippen molar-refractivity contribution in [3.8, 4) is 0 Å². The molecule has 0 saturated carbocycles. The first kappa shape index (κ1) is 13.0. The smallest absolute Gasteiger partial charge is 0.261 e. The number of halogens is 1. The fourth-order valence-electron chi connectivity index (χ4n) is 1.82. The SMILES string of the molecule is CCN(C(=O)c1cnccc1N)c1cccc(F)c1. The molecule has 0 aliphatic heterocycles. The molecule has 2 aromatic rings. The van der Waals surface area contributed by atoms with Crippen molar-refractivity contribution in [3.63, 3.8) is 0 Å². The summed E-state index contributed by atoms with van der Waals surface area (Å²) in [6.07, 6.45) is 2.93. The van der Waals surface area contributed by atoms with Gasteiger partial charge in [-0.25, -0.2) is 4.39 Å². The van der Waals surface area contributed by atoms with Crippen molar-refractivity contribution in [2.45, 2.75) is 6.92 Å². The van der Waals surface area contributed by atoms with Gasteiger partial charge < -0.3 is 10.6 Å². The minimum Gasteiger partial charge on any atom is -0.398 e. The topological polar surface area (TPSA) is 59.2 Å². The number of rotatable bonds is 3. The highest BCUT2D eigenvalue weighted by Crippen LogP contribution is 2.20. The van der Waals surface area contributed by atoms with E-state index in [1.54, 1.807) is 18.2 Å². The molecule has 0 aliphatic rings. The van der Waals surface area contributed by atoms with E-state index in [0.29, 0.717) is 23.5 Å². The first-order valence-corrected chi connectivity index (χ1v) is 5.90. The first-order chi connectivity index (χ1) is 9.13. The number of benzene rings is 1. The third-order valence-electron chi connectivity index (χ3n) is 2.77. The minimum atomic E-state index is -0.386. The van der Waals surface area contributed by atoms with Crippen LogP contribution in [0.5, 0.6) is 0 Å². The maximum atomic E-state index is 13.2. The molecule has 0 bridgehead atoms. The predicted octanol–water partition coefficient (Wildman–Crippen LogP) is 2.47. The zero-order valence-electron chi connectivity index (χ0n) is 10.5. The number of aromatic nitrogens is 1. The Morgan fingerprint density at radius 2 is 2.21 bits per heavy atom. The summed E-state index contributed by atoms with van der Waals surface area (Å²) in [6, 6.07) is 7.45. The Morgan fingerprint density at radius 3 is 2.84 bits per heavy atom. The Kier molecular flexibility index (Phi) is 3.75. The maximum absolute atomic E-state index is 13.2. The number of hydrogen-bond acceptors (Lipinski definition) is 3. The Morgan fingerprint density at radius 1 is 1.42 bits per heavy atom. The van der Waals surface area contributed by atoms with Gasteiger partial charge >= 0.3 is 0 Å². The van der Waals surface area contributed by atoms with Gasteiger partial charge in [-0.2, -0.15) is 0 Å². The summed E-state index contributed by atoms with van der Waals surface area (Å²) < 4.78 is 13.2. The van der Waals surface area contributed by atoms with Gasteiger partial charge in [-0.3, -0.25) is 9.78 Å². The molecule has 1 heterocycles. The summed E-state index contributed by atoms with van der Waals surface area (Å²) in [7, 11) is 0. The Balaban J connectivity index is 2.38. The fraction of sp³-hybridized carbons (Fsp3) is 0.143. The number of nitrogen functional groups attached to an aromatic ring is 1. The molecule has 1 aromatic carbocycles. The van der Waals surface area contributed by atoms with Crippen LogP contribution in [0, 0.1) is 5.82 Å². The van der Waals surface area contributed by atoms with Crippen LogP contribution in [0.3, 0.4) is 0 Å². The van der Waals surface area contributed by atoms with Crippen LogP contribution in [0.25, 0.3) is 0 Å². The van der Waals surface area contributed by atoms with E-state index >= 15 is 0 Å². The molecule has 1 aromatic heterocycles. The average molecular weight is 259 g/mol. The van der Waals surface area contributed by atoms with Crippen molar-refractivity contribution >= 4 is 17.3 Å². The molecule has 2 N–H and O–H groups in total. The summed E-state index contributed by atoms with van der Waals surface area (Å²) in [5.74, 6) is -0.679. The van der Waals surface area contributed by atoms with Crippen molar-refractivity contribution in [2.24, 2.45) is 0 Å². The minimum absolute atomic E-state index is 0.293. The lowest BCUT2D eigenvalue weighted by atomic mass is 10.2. The molecule has 5 heteroatoms. The van der Waals surface area contributed by atoms with Gasteiger partial charge in [0.1, 0.15) is 5.82 Å². The highest BCUT2D eigenvalue weighted by atomic mass is 19.1. The van der Waals surface area contributed by atoms with E-state index in [4.69, 9.17) is 5.73 Å². The molecular formula is C14H14FN3O. The van der Waals surface area contributed by atoms with Crippen molar-refractivity contribution < 1.29 is 9.18 Å². The molecule has 0 atom stereocenters. The molecule has 98 valence electrons. The molecule has 0 radical (unpaired) electrons. The van der Waals surface area contributed by atoms with E-state index in [0.717, 1.165) is 0 Å². The summed E-state index contributed by atoms with van der Waals surface area (Å²) in [5.41, 5.74) is 6.93. The number of carbonyl (C=O) groups excluding carboxylic acids is 1. The van der Waals surface area contributed by atoms with Crippen molar-refractivity contribution in [2.75, 3.05) is 17.2 Å². The lowest BCUT2D eigenvalue weighted by molar-refractivity contribution is 0.0989. The second kappa shape index (κ2) is 5.48. The van der Waals surface area contributed by atoms with Crippen LogP contribution in [0.4, 0.5) is 15.8 Å². The van der Waals surface area contributed by atoms with Gasteiger partial charge in [0.2, 0.25) is 0 Å². The molecule has 0 unspecified atom stereocenters. The van der Waals surface area contributed by atoms with Gasteiger partial charge in [-0.05, 0) is 31.2 Å². The zero-order valence-corrected chi connectivity index (χ0v) is 10.5. The van der Waals surface area contributed by atoms with Gasteiger partial charge in [0, 0.05) is 30.3 Å². The number of hydrogen-bond donors (Lipinski definition) is 1. The standard InChI is InChI=1S/C14H14FN3O/c1-2-18(11-5-3-4-10(15)8-11)14(19)12-9-17-7-6-13(12)16/h3-9H,2H2,1H3,(H2,16,17). The molecule has 0 saturated heterocycles. The molecule has 0 fully saturated rings. The average Bonchev–Trinajstić information content (AvgIpc) is 2.40. The molecular weight excluding hydrogens is 245 g/mol. The molecule has 4 nitrogen and oxygen atoms in total.